The number of rotatable bonds is 2. The Labute approximate surface area is 73.7 Å². The molecule has 0 aromatic heterocycles. The van der Waals surface area contributed by atoms with Crippen molar-refractivity contribution < 1.29 is 4.58 Å². The van der Waals surface area contributed by atoms with Gasteiger partial charge in [-0.3, -0.25) is 0 Å². The minimum absolute atomic E-state index is 1.15. The molecule has 1 nitrogen and oxygen atoms in total. The molecule has 0 heterocycles. The van der Waals surface area contributed by atoms with Gasteiger partial charge in [0.05, 0.1) is 0 Å². The van der Waals surface area contributed by atoms with E-state index in [1.165, 1.54) is 5.56 Å². The molecule has 0 unspecified atom stereocenters. The first-order chi connectivity index (χ1) is 5.75. The van der Waals surface area contributed by atoms with Crippen LogP contribution in [0, 0.1) is 0 Å². The molecule has 0 amide bonds. The maximum atomic E-state index is 3.78. The molecule has 0 atom stereocenters. The van der Waals surface area contributed by atoms with E-state index >= 15 is 0 Å². The van der Waals surface area contributed by atoms with Gasteiger partial charge in [-0.05, 0) is 12.1 Å². The van der Waals surface area contributed by atoms with Gasteiger partial charge in [-0.25, -0.2) is 4.58 Å². The van der Waals surface area contributed by atoms with E-state index in [1.54, 1.807) is 0 Å². The van der Waals surface area contributed by atoms with Crippen LogP contribution in [0.4, 0.5) is 0 Å². The van der Waals surface area contributed by atoms with Crippen LogP contribution in [-0.2, 0) is 0 Å². The lowest BCUT2D eigenvalue weighted by atomic mass is 10.1. The Morgan fingerprint density at radius 2 is 1.83 bits per heavy atom. The van der Waals surface area contributed by atoms with Gasteiger partial charge in [-0.15, -0.1) is 0 Å². The highest BCUT2D eigenvalue weighted by molar-refractivity contribution is 6.04. The SMILES string of the molecule is C=CC(c1ccccc1)=[N+](C)C. The maximum absolute atomic E-state index is 3.78. The summed E-state index contributed by atoms with van der Waals surface area (Å²) in [5, 5.41) is 0. The minimum Gasteiger partial charge on any atom is -0.235 e. The molecule has 1 aromatic rings. The summed E-state index contributed by atoms with van der Waals surface area (Å²) in [4.78, 5) is 0. The van der Waals surface area contributed by atoms with Crippen LogP contribution >= 0.6 is 0 Å². The van der Waals surface area contributed by atoms with Crippen molar-refractivity contribution in [1.29, 1.82) is 0 Å². The van der Waals surface area contributed by atoms with Gasteiger partial charge in [0.1, 0.15) is 14.1 Å². The second-order valence-corrected chi connectivity index (χ2v) is 2.85. The molecule has 62 valence electrons. The van der Waals surface area contributed by atoms with E-state index in [9.17, 15) is 0 Å². The number of nitrogens with zero attached hydrogens (tertiary/aromatic N) is 1. The van der Waals surface area contributed by atoms with Crippen molar-refractivity contribution in [2.75, 3.05) is 14.1 Å². The van der Waals surface area contributed by atoms with E-state index in [-0.39, 0.29) is 0 Å². The van der Waals surface area contributed by atoms with Crippen molar-refractivity contribution in [2.45, 2.75) is 0 Å². The Kier molecular flexibility index (Phi) is 2.81. The summed E-state index contributed by atoms with van der Waals surface area (Å²) in [6, 6.07) is 10.2. The van der Waals surface area contributed by atoms with Crippen LogP contribution in [-0.4, -0.2) is 24.4 Å². The Morgan fingerprint density at radius 3 is 2.25 bits per heavy atom. The van der Waals surface area contributed by atoms with Crippen LogP contribution in [0.2, 0.25) is 0 Å². The summed E-state index contributed by atoms with van der Waals surface area (Å²) < 4.78 is 2.06. The number of hydrogen-bond donors (Lipinski definition) is 0. The summed E-state index contributed by atoms with van der Waals surface area (Å²) in [7, 11) is 4.04. The molecule has 0 spiro atoms. The summed E-state index contributed by atoms with van der Waals surface area (Å²) in [5.41, 5.74) is 2.35. The van der Waals surface area contributed by atoms with Crippen molar-refractivity contribution in [1.82, 2.24) is 0 Å². The molecular weight excluding hydrogens is 146 g/mol. The second kappa shape index (κ2) is 3.86. The van der Waals surface area contributed by atoms with Gasteiger partial charge in [0.15, 0.2) is 0 Å². The molecule has 1 aromatic carbocycles. The monoisotopic (exact) mass is 160 g/mol. The molecule has 0 bridgehead atoms. The van der Waals surface area contributed by atoms with Crippen LogP contribution in [0.25, 0.3) is 0 Å². The zero-order valence-corrected chi connectivity index (χ0v) is 7.62. The maximum Gasteiger partial charge on any atom is 0.206 e. The van der Waals surface area contributed by atoms with Crippen molar-refractivity contribution in [2.24, 2.45) is 0 Å². The molecule has 12 heavy (non-hydrogen) atoms. The molecule has 0 aliphatic carbocycles. The third-order valence-electron chi connectivity index (χ3n) is 1.74. The normalized spacial score (nSPS) is 9.17. The average molecular weight is 160 g/mol. The molecule has 0 fully saturated rings. The molecule has 0 N–H and O–H groups in total. The topological polar surface area (TPSA) is 3.01 Å². The molecule has 0 saturated carbocycles. The third-order valence-corrected chi connectivity index (χ3v) is 1.74. The first kappa shape index (κ1) is 8.72. The molecule has 0 radical (unpaired) electrons. The van der Waals surface area contributed by atoms with Gasteiger partial charge in [-0.1, -0.05) is 24.8 Å². The fraction of sp³-hybridized carbons (Fsp3) is 0.182. The smallest absolute Gasteiger partial charge is 0.206 e. The predicted molar refractivity (Wildman–Crippen MR) is 52.9 cm³/mol. The fourth-order valence-electron chi connectivity index (χ4n) is 1.17. The van der Waals surface area contributed by atoms with Crippen LogP contribution in [0.15, 0.2) is 43.0 Å². The molecular formula is C11H14N+. The fourth-order valence-corrected chi connectivity index (χ4v) is 1.17. The third kappa shape index (κ3) is 1.82. The number of hydrogen-bond acceptors (Lipinski definition) is 0. The highest BCUT2D eigenvalue weighted by Crippen LogP contribution is 2.00. The van der Waals surface area contributed by atoms with Crippen LogP contribution in [0.1, 0.15) is 5.56 Å². The molecule has 0 aliphatic heterocycles. The van der Waals surface area contributed by atoms with E-state index in [2.05, 4.69) is 23.3 Å². The second-order valence-electron chi connectivity index (χ2n) is 2.85. The van der Waals surface area contributed by atoms with Crippen LogP contribution in [0.3, 0.4) is 0 Å². The van der Waals surface area contributed by atoms with Crippen molar-refractivity contribution >= 4 is 5.71 Å². The lowest BCUT2D eigenvalue weighted by molar-refractivity contribution is -0.463. The molecule has 0 aliphatic rings. The van der Waals surface area contributed by atoms with E-state index in [0.717, 1.165) is 5.71 Å². The zero-order valence-electron chi connectivity index (χ0n) is 7.62. The Hall–Kier alpha value is -1.37. The van der Waals surface area contributed by atoms with E-state index < -0.39 is 0 Å². The highest BCUT2D eigenvalue weighted by Gasteiger charge is 2.04. The molecule has 0 saturated heterocycles. The summed E-state index contributed by atoms with van der Waals surface area (Å²) in [5.74, 6) is 0. The highest BCUT2D eigenvalue weighted by atomic mass is 14.9. The lowest BCUT2D eigenvalue weighted by Crippen LogP contribution is -2.11. The average Bonchev–Trinajstić information content (AvgIpc) is 2.07. The van der Waals surface area contributed by atoms with Gasteiger partial charge in [-0.2, -0.15) is 0 Å². The number of benzene rings is 1. The van der Waals surface area contributed by atoms with Gasteiger partial charge in [0.25, 0.3) is 0 Å². The first-order valence-corrected chi connectivity index (χ1v) is 3.98. The quantitative estimate of drug-likeness (QED) is 0.459. The van der Waals surface area contributed by atoms with Gasteiger partial charge >= 0.3 is 0 Å². The minimum atomic E-state index is 1.15. The molecule has 1 heteroatoms. The Balaban J connectivity index is 3.14. The van der Waals surface area contributed by atoms with Gasteiger partial charge < -0.3 is 0 Å². The predicted octanol–water partition coefficient (Wildman–Crippen LogP) is 1.93. The van der Waals surface area contributed by atoms with Gasteiger partial charge in [0.2, 0.25) is 5.71 Å². The largest absolute Gasteiger partial charge is 0.235 e. The standard InChI is InChI=1S/C11H14N/c1-4-11(12(2)3)10-8-6-5-7-9-10/h4-9H,1H2,2-3H3/q+1. The Bertz CT molecular complexity index is 292. The van der Waals surface area contributed by atoms with Crippen molar-refractivity contribution in [3.05, 3.63) is 48.6 Å². The van der Waals surface area contributed by atoms with E-state index in [1.807, 2.05) is 38.4 Å². The summed E-state index contributed by atoms with van der Waals surface area (Å²) >= 11 is 0. The zero-order chi connectivity index (χ0) is 8.97. The van der Waals surface area contributed by atoms with Crippen LogP contribution in [0.5, 0.6) is 0 Å². The van der Waals surface area contributed by atoms with Crippen molar-refractivity contribution in [3.63, 3.8) is 0 Å². The van der Waals surface area contributed by atoms with Gasteiger partial charge in [0, 0.05) is 11.6 Å². The molecule has 1 rings (SSSR count). The van der Waals surface area contributed by atoms with E-state index in [4.69, 9.17) is 0 Å². The Morgan fingerprint density at radius 1 is 1.25 bits per heavy atom. The van der Waals surface area contributed by atoms with Crippen molar-refractivity contribution in [3.8, 4) is 0 Å². The lowest BCUT2D eigenvalue weighted by Gasteiger charge is -1.97. The summed E-state index contributed by atoms with van der Waals surface area (Å²) in [6.45, 7) is 3.78. The van der Waals surface area contributed by atoms with E-state index in [0.29, 0.717) is 0 Å². The first-order valence-electron chi connectivity index (χ1n) is 3.98. The number of allylic oxidation sites excluding steroid dienone is 1. The summed E-state index contributed by atoms with van der Waals surface area (Å²) in [6.07, 6.45) is 1.87. The van der Waals surface area contributed by atoms with Crippen LogP contribution < -0.4 is 0 Å².